The molecule has 0 spiro atoms. The van der Waals surface area contributed by atoms with Crippen LogP contribution in [-0.2, 0) is 0 Å². The summed E-state index contributed by atoms with van der Waals surface area (Å²) < 4.78 is 0. The number of rotatable bonds is 4. The molecule has 0 fully saturated rings. The first-order chi connectivity index (χ1) is 10.5. The second-order valence-corrected chi connectivity index (χ2v) is 6.55. The Bertz CT molecular complexity index is 783. The lowest BCUT2D eigenvalue weighted by Gasteiger charge is -2.20. The molecule has 1 N–H and O–H groups in total. The van der Waals surface area contributed by atoms with Gasteiger partial charge in [0.25, 0.3) is 0 Å². The van der Waals surface area contributed by atoms with Gasteiger partial charge in [0.2, 0.25) is 0 Å². The Morgan fingerprint density at radius 1 is 1.23 bits per heavy atom. The summed E-state index contributed by atoms with van der Waals surface area (Å²) in [6, 6.07) is 12.4. The Labute approximate surface area is 134 Å². The summed E-state index contributed by atoms with van der Waals surface area (Å²) in [4.78, 5) is 13.3. The van der Waals surface area contributed by atoms with Gasteiger partial charge in [0.1, 0.15) is 16.5 Å². The van der Waals surface area contributed by atoms with Crippen molar-refractivity contribution in [1.82, 2.24) is 9.97 Å². The molecular formula is C17H19N3OS. The highest BCUT2D eigenvalue weighted by Crippen LogP contribution is 2.36. The molecule has 1 aromatic carbocycles. The van der Waals surface area contributed by atoms with Crippen molar-refractivity contribution in [3.05, 3.63) is 42.2 Å². The third kappa shape index (κ3) is 2.96. The van der Waals surface area contributed by atoms with Gasteiger partial charge < -0.3 is 10.0 Å². The van der Waals surface area contributed by atoms with E-state index in [0.29, 0.717) is 6.54 Å². The van der Waals surface area contributed by atoms with Crippen molar-refractivity contribution in [2.24, 2.45) is 0 Å². The summed E-state index contributed by atoms with van der Waals surface area (Å²) in [6.45, 7) is 4.23. The quantitative estimate of drug-likeness (QED) is 0.801. The van der Waals surface area contributed by atoms with Gasteiger partial charge >= 0.3 is 0 Å². The van der Waals surface area contributed by atoms with Gasteiger partial charge in [-0.2, -0.15) is 0 Å². The molecule has 0 amide bonds. The molecule has 0 bridgehead atoms. The van der Waals surface area contributed by atoms with Crippen molar-refractivity contribution in [3.8, 4) is 10.4 Å². The second kappa shape index (κ2) is 6.02. The SMILES string of the molecule is Cc1nc(N(C)CC(C)O)c2cc(-c3ccccc3)sc2n1. The van der Waals surface area contributed by atoms with Crippen LogP contribution in [0.5, 0.6) is 0 Å². The molecule has 0 aliphatic rings. The summed E-state index contributed by atoms with van der Waals surface area (Å²) in [6.07, 6.45) is -0.400. The summed E-state index contributed by atoms with van der Waals surface area (Å²) >= 11 is 1.67. The van der Waals surface area contributed by atoms with Crippen molar-refractivity contribution >= 4 is 27.4 Å². The van der Waals surface area contributed by atoms with Crippen molar-refractivity contribution in [2.75, 3.05) is 18.5 Å². The average molecular weight is 313 g/mol. The number of likely N-dealkylation sites (N-methyl/N-ethyl adjacent to an activating group) is 1. The summed E-state index contributed by atoms with van der Waals surface area (Å²) in [7, 11) is 1.95. The number of thiophene rings is 1. The van der Waals surface area contributed by atoms with E-state index in [1.54, 1.807) is 18.3 Å². The van der Waals surface area contributed by atoms with E-state index >= 15 is 0 Å². The number of aliphatic hydroxyl groups is 1. The van der Waals surface area contributed by atoms with E-state index in [1.807, 2.05) is 37.1 Å². The maximum Gasteiger partial charge on any atom is 0.140 e. The normalized spacial score (nSPS) is 12.5. The maximum absolute atomic E-state index is 9.63. The molecular weight excluding hydrogens is 294 g/mol. The lowest BCUT2D eigenvalue weighted by molar-refractivity contribution is 0.201. The number of nitrogens with zero attached hydrogens (tertiary/aromatic N) is 3. The number of aryl methyl sites for hydroxylation is 1. The molecule has 1 unspecified atom stereocenters. The van der Waals surface area contributed by atoms with Crippen LogP contribution >= 0.6 is 11.3 Å². The number of benzene rings is 1. The van der Waals surface area contributed by atoms with Crippen LogP contribution in [0.25, 0.3) is 20.7 Å². The third-order valence-corrected chi connectivity index (χ3v) is 4.52. The smallest absolute Gasteiger partial charge is 0.140 e. The van der Waals surface area contributed by atoms with Crippen LogP contribution in [-0.4, -0.2) is 34.8 Å². The predicted octanol–water partition coefficient (Wildman–Crippen LogP) is 3.48. The Kier molecular flexibility index (Phi) is 4.09. The molecule has 5 heteroatoms. The molecule has 0 saturated carbocycles. The van der Waals surface area contributed by atoms with Crippen molar-refractivity contribution in [1.29, 1.82) is 0 Å². The molecule has 0 aliphatic heterocycles. The Balaban J connectivity index is 2.11. The van der Waals surface area contributed by atoms with E-state index in [4.69, 9.17) is 0 Å². The molecule has 0 radical (unpaired) electrons. The number of aromatic nitrogens is 2. The van der Waals surface area contributed by atoms with Crippen LogP contribution in [0.2, 0.25) is 0 Å². The molecule has 0 aliphatic carbocycles. The molecule has 0 saturated heterocycles. The molecule has 2 heterocycles. The van der Waals surface area contributed by atoms with Gasteiger partial charge in [0, 0.05) is 18.5 Å². The number of fused-ring (bicyclic) bond motifs is 1. The third-order valence-electron chi connectivity index (χ3n) is 3.44. The minimum absolute atomic E-state index is 0.400. The van der Waals surface area contributed by atoms with E-state index in [-0.39, 0.29) is 0 Å². The van der Waals surface area contributed by atoms with Gasteiger partial charge in [0.15, 0.2) is 0 Å². The largest absolute Gasteiger partial charge is 0.392 e. The van der Waals surface area contributed by atoms with Crippen LogP contribution < -0.4 is 4.90 Å². The Morgan fingerprint density at radius 2 is 1.95 bits per heavy atom. The molecule has 114 valence electrons. The number of aliphatic hydroxyl groups excluding tert-OH is 1. The monoisotopic (exact) mass is 313 g/mol. The standard InChI is InChI=1S/C17H19N3OS/c1-11(21)10-20(3)16-14-9-15(13-7-5-4-6-8-13)22-17(14)19-12(2)18-16/h4-9,11,21H,10H2,1-3H3. The zero-order chi connectivity index (χ0) is 15.7. The summed E-state index contributed by atoms with van der Waals surface area (Å²) in [5.41, 5.74) is 1.19. The minimum Gasteiger partial charge on any atom is -0.392 e. The number of hydrogen-bond donors (Lipinski definition) is 1. The number of hydrogen-bond acceptors (Lipinski definition) is 5. The fourth-order valence-electron chi connectivity index (χ4n) is 2.53. The van der Waals surface area contributed by atoms with Gasteiger partial charge in [-0.3, -0.25) is 0 Å². The molecule has 3 rings (SSSR count). The van der Waals surface area contributed by atoms with Crippen LogP contribution in [0.1, 0.15) is 12.7 Å². The van der Waals surface area contributed by atoms with Gasteiger partial charge in [0.05, 0.1) is 11.5 Å². The van der Waals surface area contributed by atoms with Gasteiger partial charge in [-0.1, -0.05) is 30.3 Å². The lowest BCUT2D eigenvalue weighted by Crippen LogP contribution is -2.28. The Hall–Kier alpha value is -1.98. The van der Waals surface area contributed by atoms with Crippen LogP contribution in [0.15, 0.2) is 36.4 Å². The van der Waals surface area contributed by atoms with E-state index in [9.17, 15) is 5.11 Å². The van der Waals surface area contributed by atoms with E-state index in [1.165, 1.54) is 10.4 Å². The van der Waals surface area contributed by atoms with Gasteiger partial charge in [-0.05, 0) is 25.5 Å². The van der Waals surface area contributed by atoms with E-state index in [2.05, 4.69) is 28.2 Å². The first kappa shape index (κ1) is 14.9. The second-order valence-electron chi connectivity index (χ2n) is 5.52. The molecule has 22 heavy (non-hydrogen) atoms. The lowest BCUT2D eigenvalue weighted by atomic mass is 10.2. The predicted molar refractivity (Wildman–Crippen MR) is 92.5 cm³/mol. The van der Waals surface area contributed by atoms with Gasteiger partial charge in [-0.15, -0.1) is 11.3 Å². The number of anilines is 1. The topological polar surface area (TPSA) is 49.2 Å². The molecule has 4 nitrogen and oxygen atoms in total. The van der Waals surface area contributed by atoms with E-state index < -0.39 is 6.10 Å². The van der Waals surface area contributed by atoms with Crippen LogP contribution in [0, 0.1) is 6.92 Å². The zero-order valence-corrected chi connectivity index (χ0v) is 13.8. The average Bonchev–Trinajstić information content (AvgIpc) is 2.90. The highest BCUT2D eigenvalue weighted by molar-refractivity contribution is 7.21. The first-order valence-electron chi connectivity index (χ1n) is 7.27. The molecule has 2 aromatic heterocycles. The van der Waals surface area contributed by atoms with Crippen LogP contribution in [0.4, 0.5) is 5.82 Å². The fraction of sp³-hybridized carbons (Fsp3) is 0.294. The minimum atomic E-state index is -0.400. The Morgan fingerprint density at radius 3 is 2.64 bits per heavy atom. The highest BCUT2D eigenvalue weighted by atomic mass is 32.1. The molecule has 3 aromatic rings. The fourth-order valence-corrected chi connectivity index (χ4v) is 3.61. The van der Waals surface area contributed by atoms with Crippen molar-refractivity contribution in [2.45, 2.75) is 20.0 Å². The summed E-state index contributed by atoms with van der Waals surface area (Å²) in [5, 5.41) is 10.7. The zero-order valence-electron chi connectivity index (χ0n) is 12.9. The van der Waals surface area contributed by atoms with Crippen molar-refractivity contribution in [3.63, 3.8) is 0 Å². The van der Waals surface area contributed by atoms with Gasteiger partial charge in [-0.25, -0.2) is 9.97 Å². The maximum atomic E-state index is 9.63. The van der Waals surface area contributed by atoms with Crippen LogP contribution in [0.3, 0.4) is 0 Å². The molecule has 1 atom stereocenters. The highest BCUT2D eigenvalue weighted by Gasteiger charge is 2.15. The van der Waals surface area contributed by atoms with Crippen molar-refractivity contribution < 1.29 is 5.11 Å². The van der Waals surface area contributed by atoms with E-state index in [0.717, 1.165) is 21.9 Å². The first-order valence-corrected chi connectivity index (χ1v) is 8.09. The summed E-state index contributed by atoms with van der Waals surface area (Å²) in [5.74, 6) is 1.63.